The molecule has 1 aromatic rings. The van der Waals surface area contributed by atoms with Gasteiger partial charge in [0.25, 0.3) is 0 Å². The molecule has 1 aromatic heterocycles. The summed E-state index contributed by atoms with van der Waals surface area (Å²) < 4.78 is 0. The van der Waals surface area contributed by atoms with Crippen molar-refractivity contribution >= 4 is 17.3 Å². The molecular weight excluding hydrogens is 178 g/mol. The fourth-order valence-electron chi connectivity index (χ4n) is 0.962. The van der Waals surface area contributed by atoms with Crippen molar-refractivity contribution in [3.8, 4) is 0 Å². The van der Waals surface area contributed by atoms with Crippen molar-refractivity contribution in [3.63, 3.8) is 0 Å². The molecule has 14 heavy (non-hydrogen) atoms. The predicted octanol–water partition coefficient (Wildman–Crippen LogP) is 1.65. The summed E-state index contributed by atoms with van der Waals surface area (Å²) in [7, 11) is 0. The van der Waals surface area contributed by atoms with Crippen LogP contribution in [0.1, 0.15) is 20.3 Å². The highest BCUT2D eigenvalue weighted by Gasteiger charge is 2.11. The summed E-state index contributed by atoms with van der Waals surface area (Å²) in [6.07, 6.45) is 3.94. The summed E-state index contributed by atoms with van der Waals surface area (Å²) >= 11 is 0. The van der Waals surface area contributed by atoms with E-state index in [1.165, 1.54) is 6.20 Å². The second-order valence-electron chi connectivity index (χ2n) is 3.26. The number of amides is 1. The van der Waals surface area contributed by atoms with Gasteiger partial charge in [-0.05, 0) is 12.5 Å². The molecule has 0 fully saturated rings. The molecule has 1 rings (SSSR count). The van der Waals surface area contributed by atoms with E-state index in [4.69, 9.17) is 5.73 Å². The van der Waals surface area contributed by atoms with Crippen LogP contribution >= 0.6 is 0 Å². The maximum absolute atomic E-state index is 11.5. The molecule has 3 N–H and O–H groups in total. The van der Waals surface area contributed by atoms with E-state index in [1.54, 1.807) is 12.3 Å². The van der Waals surface area contributed by atoms with Gasteiger partial charge in [0.2, 0.25) is 5.91 Å². The third-order valence-corrected chi connectivity index (χ3v) is 2.17. The van der Waals surface area contributed by atoms with Gasteiger partial charge in [0.05, 0.1) is 17.6 Å². The van der Waals surface area contributed by atoms with Gasteiger partial charge in [-0.25, -0.2) is 0 Å². The lowest BCUT2D eigenvalue weighted by Crippen LogP contribution is -2.20. The lowest BCUT2D eigenvalue weighted by Gasteiger charge is -2.10. The molecule has 0 aromatic carbocycles. The zero-order valence-corrected chi connectivity index (χ0v) is 8.45. The van der Waals surface area contributed by atoms with Gasteiger partial charge in [-0.15, -0.1) is 0 Å². The number of nitrogens with one attached hydrogen (secondary N) is 1. The van der Waals surface area contributed by atoms with E-state index >= 15 is 0 Å². The van der Waals surface area contributed by atoms with E-state index in [0.29, 0.717) is 11.4 Å². The van der Waals surface area contributed by atoms with E-state index in [2.05, 4.69) is 10.3 Å². The van der Waals surface area contributed by atoms with Crippen LogP contribution in [0.3, 0.4) is 0 Å². The normalized spacial score (nSPS) is 12.1. The summed E-state index contributed by atoms with van der Waals surface area (Å²) in [5.41, 5.74) is 6.75. The quantitative estimate of drug-likeness (QED) is 0.766. The predicted molar refractivity (Wildman–Crippen MR) is 56.7 cm³/mol. The van der Waals surface area contributed by atoms with Gasteiger partial charge in [-0.1, -0.05) is 13.8 Å². The largest absolute Gasteiger partial charge is 0.396 e. The van der Waals surface area contributed by atoms with Gasteiger partial charge in [-0.3, -0.25) is 9.78 Å². The minimum absolute atomic E-state index is 0.00238. The topological polar surface area (TPSA) is 68.0 Å². The molecule has 0 bridgehead atoms. The molecule has 0 saturated carbocycles. The molecule has 76 valence electrons. The molecule has 4 nitrogen and oxygen atoms in total. The highest BCUT2D eigenvalue weighted by Crippen LogP contribution is 2.16. The number of pyridine rings is 1. The van der Waals surface area contributed by atoms with Gasteiger partial charge in [0.1, 0.15) is 0 Å². The van der Waals surface area contributed by atoms with Crippen molar-refractivity contribution in [1.82, 2.24) is 4.98 Å². The van der Waals surface area contributed by atoms with Crippen LogP contribution in [-0.4, -0.2) is 10.9 Å². The molecule has 0 aliphatic rings. The van der Waals surface area contributed by atoms with Crippen molar-refractivity contribution < 1.29 is 4.79 Å². The molecule has 1 atom stereocenters. The second kappa shape index (κ2) is 4.60. The third kappa shape index (κ3) is 2.45. The molecule has 0 aliphatic carbocycles. The summed E-state index contributed by atoms with van der Waals surface area (Å²) in [6, 6.07) is 1.69. The SMILES string of the molecule is CCC(C)C(=O)Nc1ccncc1N. The second-order valence-corrected chi connectivity index (χ2v) is 3.26. The first-order chi connectivity index (χ1) is 6.65. The van der Waals surface area contributed by atoms with Crippen LogP contribution in [0.5, 0.6) is 0 Å². The Morgan fingerprint density at radius 2 is 2.43 bits per heavy atom. The highest BCUT2D eigenvalue weighted by molar-refractivity contribution is 5.94. The van der Waals surface area contributed by atoms with Gasteiger partial charge in [0.15, 0.2) is 0 Å². The number of nitrogen functional groups attached to an aromatic ring is 1. The van der Waals surface area contributed by atoms with Crippen LogP contribution in [0.15, 0.2) is 18.5 Å². The molecule has 1 heterocycles. The minimum atomic E-state index is -0.00889. The number of nitrogens with two attached hydrogens (primary N) is 1. The Morgan fingerprint density at radius 1 is 1.71 bits per heavy atom. The summed E-state index contributed by atoms with van der Waals surface area (Å²) in [4.78, 5) is 15.3. The average molecular weight is 193 g/mol. The molecule has 0 radical (unpaired) electrons. The number of hydrogen-bond acceptors (Lipinski definition) is 3. The molecule has 0 spiro atoms. The first-order valence-electron chi connectivity index (χ1n) is 4.65. The van der Waals surface area contributed by atoms with E-state index in [9.17, 15) is 4.79 Å². The molecule has 4 heteroatoms. The molecule has 1 unspecified atom stereocenters. The van der Waals surface area contributed by atoms with Crippen molar-refractivity contribution in [2.75, 3.05) is 11.1 Å². The summed E-state index contributed by atoms with van der Waals surface area (Å²) in [6.45, 7) is 3.85. The number of carbonyl (C=O) groups excluding carboxylic acids is 1. The first-order valence-corrected chi connectivity index (χ1v) is 4.65. The van der Waals surface area contributed by atoms with Gasteiger partial charge in [-0.2, -0.15) is 0 Å². The van der Waals surface area contributed by atoms with E-state index < -0.39 is 0 Å². The number of anilines is 2. The monoisotopic (exact) mass is 193 g/mol. The standard InChI is InChI=1S/C10H15N3O/c1-3-7(2)10(14)13-9-4-5-12-6-8(9)11/h4-7H,3,11H2,1-2H3,(H,12,13,14). The Balaban J connectivity index is 2.70. The van der Waals surface area contributed by atoms with Crippen LogP contribution in [-0.2, 0) is 4.79 Å². The number of hydrogen-bond donors (Lipinski definition) is 2. The number of rotatable bonds is 3. The fraction of sp³-hybridized carbons (Fsp3) is 0.400. The van der Waals surface area contributed by atoms with Crippen LogP contribution < -0.4 is 11.1 Å². The highest BCUT2D eigenvalue weighted by atomic mass is 16.1. The van der Waals surface area contributed by atoms with E-state index in [0.717, 1.165) is 6.42 Å². The van der Waals surface area contributed by atoms with E-state index in [1.807, 2.05) is 13.8 Å². The minimum Gasteiger partial charge on any atom is -0.396 e. The number of carbonyl (C=O) groups is 1. The summed E-state index contributed by atoms with van der Waals surface area (Å²) in [5.74, 6) is -0.00651. The van der Waals surface area contributed by atoms with Crippen molar-refractivity contribution in [1.29, 1.82) is 0 Å². The Hall–Kier alpha value is -1.58. The van der Waals surface area contributed by atoms with Crippen molar-refractivity contribution in [2.24, 2.45) is 5.92 Å². The lowest BCUT2D eigenvalue weighted by molar-refractivity contribution is -0.119. The third-order valence-electron chi connectivity index (χ3n) is 2.17. The molecular formula is C10H15N3O. The van der Waals surface area contributed by atoms with Crippen LogP contribution in [0, 0.1) is 5.92 Å². The Morgan fingerprint density at radius 3 is 3.00 bits per heavy atom. The van der Waals surface area contributed by atoms with Crippen LogP contribution in [0.25, 0.3) is 0 Å². The number of aromatic nitrogens is 1. The molecule has 0 saturated heterocycles. The molecule has 0 aliphatic heterocycles. The maximum Gasteiger partial charge on any atom is 0.227 e. The van der Waals surface area contributed by atoms with Gasteiger partial charge < -0.3 is 11.1 Å². The lowest BCUT2D eigenvalue weighted by atomic mass is 10.1. The fourth-order valence-corrected chi connectivity index (χ4v) is 0.962. The zero-order valence-electron chi connectivity index (χ0n) is 8.45. The average Bonchev–Trinajstić information content (AvgIpc) is 2.20. The molecule has 1 amide bonds. The van der Waals surface area contributed by atoms with E-state index in [-0.39, 0.29) is 11.8 Å². The van der Waals surface area contributed by atoms with Crippen LogP contribution in [0.4, 0.5) is 11.4 Å². The van der Waals surface area contributed by atoms with Gasteiger partial charge in [0, 0.05) is 12.1 Å². The maximum atomic E-state index is 11.5. The first kappa shape index (κ1) is 10.5. The van der Waals surface area contributed by atoms with Crippen molar-refractivity contribution in [3.05, 3.63) is 18.5 Å². The van der Waals surface area contributed by atoms with Gasteiger partial charge >= 0.3 is 0 Å². The summed E-state index contributed by atoms with van der Waals surface area (Å²) in [5, 5.41) is 2.76. The smallest absolute Gasteiger partial charge is 0.227 e. The Labute approximate surface area is 83.5 Å². The van der Waals surface area contributed by atoms with Crippen molar-refractivity contribution in [2.45, 2.75) is 20.3 Å². The zero-order chi connectivity index (χ0) is 10.6. The number of nitrogens with zero attached hydrogens (tertiary/aromatic N) is 1. The Bertz CT molecular complexity index is 325. The Kier molecular flexibility index (Phi) is 3.45. The van der Waals surface area contributed by atoms with Crippen LogP contribution in [0.2, 0.25) is 0 Å².